The minimum atomic E-state index is -5.24. The van der Waals surface area contributed by atoms with Gasteiger partial charge in [0.15, 0.2) is 5.82 Å². The second-order valence-corrected chi connectivity index (χ2v) is 20.3. The third kappa shape index (κ3) is 13.5. The van der Waals surface area contributed by atoms with Crippen molar-refractivity contribution in [2.45, 2.75) is 108 Å². The van der Waals surface area contributed by atoms with E-state index in [-0.39, 0.29) is 17.0 Å². The lowest BCUT2D eigenvalue weighted by Crippen LogP contribution is -2.63. The summed E-state index contributed by atoms with van der Waals surface area (Å²) in [5, 5.41) is 27.7. The Balaban J connectivity index is 1.17. The van der Waals surface area contributed by atoms with Gasteiger partial charge in [0.25, 0.3) is 5.91 Å². The molecule has 3 fully saturated rings. The third-order valence-electron chi connectivity index (χ3n) is 14.2. The van der Waals surface area contributed by atoms with Crippen LogP contribution in [0.4, 0.5) is 50.7 Å². The van der Waals surface area contributed by atoms with Crippen LogP contribution in [0.5, 0.6) is 0 Å². The summed E-state index contributed by atoms with van der Waals surface area (Å²) < 4.78 is 129. The van der Waals surface area contributed by atoms with Gasteiger partial charge in [0.1, 0.15) is 23.7 Å². The molecule has 6 unspecified atom stereocenters. The summed E-state index contributed by atoms with van der Waals surface area (Å²) >= 11 is 0. The minimum absolute atomic E-state index is 0.113. The number of alkyl halides is 6. The molecule has 420 valence electrons. The summed E-state index contributed by atoms with van der Waals surface area (Å²) in [6.07, 6.45) is -8.55. The van der Waals surface area contributed by atoms with Crippen molar-refractivity contribution in [2.75, 3.05) is 44.9 Å². The zero-order chi connectivity index (χ0) is 56.9. The molecule has 3 saturated heterocycles. The van der Waals surface area contributed by atoms with Gasteiger partial charge in [0, 0.05) is 79.7 Å². The molecule has 5 heterocycles. The van der Waals surface area contributed by atoms with E-state index in [2.05, 4.69) is 51.6 Å². The summed E-state index contributed by atoms with van der Waals surface area (Å²) in [5.41, 5.74) is -3.95. The fourth-order valence-corrected chi connectivity index (χ4v) is 9.33. The van der Waals surface area contributed by atoms with Crippen LogP contribution in [-0.4, -0.2) is 159 Å². The fourth-order valence-electron chi connectivity index (χ4n) is 9.33. The number of carbonyl (C=O) groups is 4. The number of carboxylic acid groups (broad SMARTS) is 1. The number of hydrazine groups is 1. The molecule has 4 aromatic rings. The van der Waals surface area contributed by atoms with Gasteiger partial charge in [-0.1, -0.05) is 24.0 Å². The second-order valence-electron chi connectivity index (χ2n) is 20.3. The number of aliphatic hydroxyl groups is 1. The molecular formula is C51H57F8N11O8. The van der Waals surface area contributed by atoms with Gasteiger partial charge >= 0.3 is 24.5 Å². The number of amides is 4. The molecule has 0 saturated carbocycles. The molecule has 2 bridgehead atoms. The van der Waals surface area contributed by atoms with Crippen LogP contribution < -0.4 is 26.3 Å². The highest BCUT2D eigenvalue weighted by molar-refractivity contribution is 5.87. The van der Waals surface area contributed by atoms with Crippen LogP contribution in [0.2, 0.25) is 0 Å². The predicted molar refractivity (Wildman–Crippen MR) is 261 cm³/mol. The van der Waals surface area contributed by atoms with Crippen molar-refractivity contribution in [3.05, 3.63) is 101 Å². The molecule has 6 N–H and O–H groups in total. The van der Waals surface area contributed by atoms with Gasteiger partial charge in [-0.15, -0.1) is 0 Å². The Bertz CT molecular complexity index is 2810. The average Bonchev–Trinajstić information content (AvgIpc) is 3.64. The number of benzene rings is 2. The molecule has 0 aliphatic carbocycles. The van der Waals surface area contributed by atoms with E-state index in [9.17, 15) is 55.7 Å². The van der Waals surface area contributed by atoms with Crippen LogP contribution in [0.25, 0.3) is 11.4 Å². The number of nitrogens with one attached hydrogen (secondary N) is 4. The average molecular weight is 1100 g/mol. The van der Waals surface area contributed by atoms with E-state index in [1.165, 1.54) is 35.9 Å². The fraction of sp³-hybridized carbons (Fsp3) is 0.490. The number of anilines is 1. The molecule has 7 rings (SSSR count). The number of aromatic nitrogens is 4. The third-order valence-corrected chi connectivity index (χ3v) is 14.2. The van der Waals surface area contributed by atoms with Gasteiger partial charge < -0.3 is 40.5 Å². The number of halogens is 8. The first-order valence-electron chi connectivity index (χ1n) is 24.5. The molecule has 3 aliphatic rings. The van der Waals surface area contributed by atoms with Crippen molar-refractivity contribution in [2.24, 2.45) is 10.8 Å². The number of hydrogen-bond donors (Lipinski definition) is 6. The van der Waals surface area contributed by atoms with Crippen molar-refractivity contribution in [3.8, 4) is 23.2 Å². The van der Waals surface area contributed by atoms with Crippen LogP contribution in [-0.2, 0) is 32.0 Å². The normalized spacial score (nSPS) is 18.6. The maximum atomic E-state index is 15.9. The number of carbonyl (C=O) groups excluding carboxylic acids is 3. The Hall–Kier alpha value is -7.28. The minimum Gasteiger partial charge on any atom is -0.465 e. The van der Waals surface area contributed by atoms with Crippen LogP contribution in [0.3, 0.4) is 0 Å². The number of alkyl carbamates (subject to hydrolysis) is 1. The maximum absolute atomic E-state index is 15.9. The molecule has 0 spiro atoms. The largest absolute Gasteiger partial charge is 0.465 e. The lowest BCUT2D eigenvalue weighted by Gasteiger charge is -2.47. The molecule has 3 aliphatic heterocycles. The van der Waals surface area contributed by atoms with Crippen molar-refractivity contribution in [3.63, 3.8) is 0 Å². The molecular weight excluding hydrogens is 1050 g/mol. The first-order valence-corrected chi connectivity index (χ1v) is 24.5. The highest BCUT2D eigenvalue weighted by Gasteiger charge is 2.57. The second kappa shape index (κ2) is 23.8. The molecule has 19 nitrogen and oxygen atoms in total. The molecule has 27 heteroatoms. The van der Waals surface area contributed by atoms with Gasteiger partial charge in [-0.05, 0) is 82.9 Å². The number of rotatable bonds is 18. The standard InChI is InChI=1S/C51H57F8N11O8/c1-48(2,50(54,55)56)40(66-47(76)77-5)43(72)64-38(17-29-10-7-28(8-11-29)9-12-30-20-62-45(63-21-30)68-22-32-13-14-33(23-68)70(32)34-26-78-27-34)39(71)25-69(67-44(73)41(65-46(74)75)49(3,4)51(57,58)59)24-35-36(52)18-31(19-37(35)53)42-60-15-6-16-61-42/h6-8,10-11,15-16,18-21,32-34,38-41,65,71H,13-14,17,22-27H2,1-5H3,(H,64,72)(H,66,76)(H,67,73)(H,74,75). The Morgan fingerprint density at radius 2 is 1.35 bits per heavy atom. The first kappa shape index (κ1) is 58.4. The number of aliphatic hydroxyl groups excluding tert-OH is 1. The summed E-state index contributed by atoms with van der Waals surface area (Å²) in [6, 6.07) is 3.50. The summed E-state index contributed by atoms with van der Waals surface area (Å²) in [7, 11) is 0.831. The number of piperazine rings is 1. The smallest absolute Gasteiger partial charge is 0.407 e. The number of nitrogens with zero attached hydrogens (tertiary/aromatic N) is 7. The number of hydrogen-bond acceptors (Lipinski definition) is 14. The Labute approximate surface area is 442 Å². The Kier molecular flexibility index (Phi) is 17.8. The zero-order valence-corrected chi connectivity index (χ0v) is 42.8. The molecule has 4 amide bonds. The molecule has 2 aromatic carbocycles. The van der Waals surface area contributed by atoms with Crippen molar-refractivity contribution < 1.29 is 74.0 Å². The highest BCUT2D eigenvalue weighted by Crippen LogP contribution is 2.42. The van der Waals surface area contributed by atoms with Gasteiger partial charge in [-0.2, -0.15) is 26.3 Å². The number of methoxy groups -OCH3 is 1. The topological polar surface area (TPSA) is 237 Å². The summed E-state index contributed by atoms with van der Waals surface area (Å²) in [4.78, 5) is 73.8. The van der Waals surface area contributed by atoms with Crippen LogP contribution in [0, 0.1) is 34.3 Å². The molecule has 0 radical (unpaired) electrons. The zero-order valence-electron chi connectivity index (χ0n) is 42.8. The van der Waals surface area contributed by atoms with Gasteiger partial charge in [0.05, 0.1) is 54.9 Å². The monoisotopic (exact) mass is 1100 g/mol. The van der Waals surface area contributed by atoms with Gasteiger partial charge in [-0.3, -0.25) is 19.9 Å². The lowest BCUT2D eigenvalue weighted by molar-refractivity contribution is -0.221. The van der Waals surface area contributed by atoms with Crippen LogP contribution >= 0.6 is 0 Å². The molecule has 6 atom stereocenters. The van der Waals surface area contributed by atoms with Crippen molar-refractivity contribution >= 4 is 29.9 Å². The van der Waals surface area contributed by atoms with E-state index in [1.807, 2.05) is 10.7 Å². The lowest BCUT2D eigenvalue weighted by atomic mass is 9.82. The SMILES string of the molecule is COC(=O)NC(C(=O)NC(Cc1ccc(C#Cc2cnc(N3CC4CCC(C3)N4C3COC3)nc2)cc1)C(O)CN(Cc1c(F)cc(-c2ncccn2)cc1F)NC(=O)C(NC(=O)O)C(C)(C)C(F)(F)F)C(C)(C)C(F)(F)F. The summed E-state index contributed by atoms with van der Waals surface area (Å²) in [5.74, 6) is 0.575. The van der Waals surface area contributed by atoms with Gasteiger partial charge in [-0.25, -0.2) is 43.3 Å². The summed E-state index contributed by atoms with van der Waals surface area (Å²) in [6.45, 7) is 3.10. The maximum Gasteiger partial charge on any atom is 0.407 e. The highest BCUT2D eigenvalue weighted by atomic mass is 19.4. The van der Waals surface area contributed by atoms with E-state index in [1.54, 1.807) is 24.5 Å². The van der Waals surface area contributed by atoms with E-state index < -0.39 is 108 Å². The quantitative estimate of drug-likeness (QED) is 0.0431. The van der Waals surface area contributed by atoms with Gasteiger partial charge in [0.2, 0.25) is 11.9 Å². The predicted octanol–water partition coefficient (Wildman–Crippen LogP) is 5.12. The molecule has 2 aromatic heterocycles. The first-order chi connectivity index (χ1) is 36.7. The van der Waals surface area contributed by atoms with Crippen molar-refractivity contribution in [1.82, 2.24) is 51.2 Å². The van der Waals surface area contributed by atoms with Crippen LogP contribution in [0.15, 0.2) is 67.3 Å². The Morgan fingerprint density at radius 1 is 0.795 bits per heavy atom. The van der Waals surface area contributed by atoms with E-state index in [4.69, 9.17) is 4.74 Å². The van der Waals surface area contributed by atoms with Crippen LogP contribution in [0.1, 0.15) is 62.8 Å². The van der Waals surface area contributed by atoms with E-state index in [0.717, 1.165) is 58.4 Å². The number of ether oxygens (including phenoxy) is 2. The molecule has 78 heavy (non-hydrogen) atoms. The van der Waals surface area contributed by atoms with Crippen molar-refractivity contribution in [1.29, 1.82) is 0 Å². The van der Waals surface area contributed by atoms with E-state index >= 15 is 8.78 Å². The Morgan fingerprint density at radius 3 is 1.86 bits per heavy atom. The number of fused-ring (bicyclic) bond motifs is 2. The van der Waals surface area contributed by atoms with E-state index in [0.29, 0.717) is 67.9 Å².